The SMILES string of the molecule is CC(C)C[C@@H]1NC(=O)CNC(=O)[C@H](Cc2ccccc2)NC(=O)[C@H](CC(N)=O)NC(=O)[C@H](Cc2ccc(O)cc2)NC(=O)[C@H](C)NC1=O. The van der Waals surface area contributed by atoms with E-state index in [4.69, 9.17) is 5.73 Å². The molecule has 0 bridgehead atoms. The Balaban J connectivity index is 2.00. The number of hydrogen-bond acceptors (Lipinski definition) is 8. The fourth-order valence-corrected chi connectivity index (χ4v) is 5.01. The number of rotatable bonds is 8. The molecule has 1 heterocycles. The number of carbonyl (C=O) groups excluding carboxylic acids is 7. The normalized spacial score (nSPS) is 23.4. The molecule has 0 aliphatic carbocycles. The van der Waals surface area contributed by atoms with Gasteiger partial charge in [-0.3, -0.25) is 33.6 Å². The van der Waals surface area contributed by atoms with Gasteiger partial charge in [0.15, 0.2) is 0 Å². The maximum Gasteiger partial charge on any atom is 0.243 e. The van der Waals surface area contributed by atoms with Crippen LogP contribution in [-0.4, -0.2) is 83.2 Å². The van der Waals surface area contributed by atoms with Gasteiger partial charge in [-0.15, -0.1) is 0 Å². The van der Waals surface area contributed by atoms with Gasteiger partial charge in [-0.25, -0.2) is 0 Å². The molecule has 7 amide bonds. The van der Waals surface area contributed by atoms with Crippen LogP contribution in [0.5, 0.6) is 5.75 Å². The van der Waals surface area contributed by atoms with Gasteiger partial charge in [-0.2, -0.15) is 0 Å². The van der Waals surface area contributed by atoms with Crippen LogP contribution >= 0.6 is 0 Å². The number of primary amides is 1. The average molecular weight is 666 g/mol. The highest BCUT2D eigenvalue weighted by Crippen LogP contribution is 2.13. The van der Waals surface area contributed by atoms with Gasteiger partial charge in [0.2, 0.25) is 41.4 Å². The minimum Gasteiger partial charge on any atom is -0.508 e. The number of amides is 7. The van der Waals surface area contributed by atoms with Crippen molar-refractivity contribution in [1.82, 2.24) is 31.9 Å². The van der Waals surface area contributed by atoms with Gasteiger partial charge in [0.1, 0.15) is 36.0 Å². The Kier molecular flexibility index (Phi) is 13.4. The van der Waals surface area contributed by atoms with Crippen molar-refractivity contribution < 1.29 is 38.7 Å². The first-order valence-corrected chi connectivity index (χ1v) is 15.6. The van der Waals surface area contributed by atoms with Crippen LogP contribution < -0.4 is 37.6 Å². The third-order valence-electron chi connectivity index (χ3n) is 7.50. The van der Waals surface area contributed by atoms with E-state index in [1.807, 2.05) is 13.8 Å². The number of hydrogen-bond donors (Lipinski definition) is 8. The van der Waals surface area contributed by atoms with Gasteiger partial charge in [0.25, 0.3) is 0 Å². The van der Waals surface area contributed by atoms with Crippen LogP contribution in [0.4, 0.5) is 0 Å². The van der Waals surface area contributed by atoms with Gasteiger partial charge in [-0.1, -0.05) is 56.3 Å². The van der Waals surface area contributed by atoms with E-state index in [-0.39, 0.29) is 30.9 Å². The molecular formula is C33H43N7O8. The zero-order chi connectivity index (χ0) is 35.4. The van der Waals surface area contributed by atoms with Crippen molar-refractivity contribution in [3.05, 3.63) is 65.7 Å². The summed E-state index contributed by atoms with van der Waals surface area (Å²) in [6.45, 7) is 4.56. The first-order chi connectivity index (χ1) is 22.7. The van der Waals surface area contributed by atoms with Crippen LogP contribution in [0.25, 0.3) is 0 Å². The third kappa shape index (κ3) is 11.7. The lowest BCUT2D eigenvalue weighted by Crippen LogP contribution is -2.60. The maximum atomic E-state index is 13.7. The van der Waals surface area contributed by atoms with E-state index in [9.17, 15) is 38.7 Å². The molecule has 1 aliphatic heterocycles. The second-order valence-corrected chi connectivity index (χ2v) is 12.1. The van der Waals surface area contributed by atoms with Crippen molar-refractivity contribution in [3.63, 3.8) is 0 Å². The van der Waals surface area contributed by atoms with E-state index < -0.39 is 84.5 Å². The predicted octanol–water partition coefficient (Wildman–Crippen LogP) is -1.33. The van der Waals surface area contributed by atoms with E-state index in [2.05, 4.69) is 31.9 Å². The largest absolute Gasteiger partial charge is 0.508 e. The first kappa shape index (κ1) is 37.0. The predicted molar refractivity (Wildman–Crippen MR) is 174 cm³/mol. The van der Waals surface area contributed by atoms with E-state index in [1.54, 1.807) is 30.3 Å². The van der Waals surface area contributed by atoms with Gasteiger partial charge in [-0.05, 0) is 42.5 Å². The Labute approximate surface area is 278 Å². The van der Waals surface area contributed by atoms with Gasteiger partial charge in [0, 0.05) is 12.8 Å². The molecule has 48 heavy (non-hydrogen) atoms. The lowest BCUT2D eigenvalue weighted by atomic mass is 10.0. The molecule has 3 rings (SSSR count). The highest BCUT2D eigenvalue weighted by Gasteiger charge is 2.33. The number of phenolic OH excluding ortho intramolecular Hbond substituents is 1. The molecule has 0 spiro atoms. The summed E-state index contributed by atoms with van der Waals surface area (Å²) in [5.74, 6) is -5.55. The number of aromatic hydroxyl groups is 1. The standard InChI is InChI=1S/C33H43N7O8/c1-18(2)13-23-31(46)36-19(3)29(44)38-25(15-21-9-11-22(41)12-10-21)32(47)40-26(16-27(34)42)33(48)39-24(14-20-7-5-4-6-8-20)30(45)35-17-28(43)37-23/h4-12,18-19,23-26,41H,13-17H2,1-3H3,(H2,34,42)(H,35,45)(H,36,46)(H,37,43)(H,38,44)(H,39,48)(H,40,47)/t19-,23-,24-,25-,26-/m0/s1. The molecule has 9 N–H and O–H groups in total. The summed E-state index contributed by atoms with van der Waals surface area (Å²) in [5.41, 5.74) is 6.60. The van der Waals surface area contributed by atoms with Crippen molar-refractivity contribution in [2.45, 2.75) is 76.7 Å². The van der Waals surface area contributed by atoms with Crippen LogP contribution in [0.1, 0.15) is 44.7 Å². The van der Waals surface area contributed by atoms with Crippen molar-refractivity contribution in [3.8, 4) is 5.75 Å². The summed E-state index contributed by atoms with van der Waals surface area (Å²) in [5, 5.41) is 24.9. The Hall–Kier alpha value is -5.47. The van der Waals surface area contributed by atoms with Gasteiger partial charge < -0.3 is 42.7 Å². The summed E-state index contributed by atoms with van der Waals surface area (Å²) >= 11 is 0. The molecule has 0 unspecified atom stereocenters. The smallest absolute Gasteiger partial charge is 0.243 e. The Morgan fingerprint density at radius 2 is 1.23 bits per heavy atom. The molecule has 0 saturated carbocycles. The van der Waals surface area contributed by atoms with Crippen LogP contribution in [0, 0.1) is 5.92 Å². The number of nitrogens with two attached hydrogens (primary N) is 1. The van der Waals surface area contributed by atoms with Crippen molar-refractivity contribution in [1.29, 1.82) is 0 Å². The Morgan fingerprint density at radius 1 is 0.708 bits per heavy atom. The molecule has 1 aliphatic rings. The summed E-state index contributed by atoms with van der Waals surface area (Å²) in [7, 11) is 0. The zero-order valence-corrected chi connectivity index (χ0v) is 27.1. The number of nitrogens with one attached hydrogen (secondary N) is 6. The van der Waals surface area contributed by atoms with Crippen molar-refractivity contribution >= 4 is 41.4 Å². The summed E-state index contributed by atoms with van der Waals surface area (Å²) in [6, 6.07) is 8.23. The molecule has 1 fully saturated rings. The maximum absolute atomic E-state index is 13.7. The highest BCUT2D eigenvalue weighted by molar-refractivity contribution is 5.98. The molecule has 2 aromatic rings. The molecule has 258 valence electrons. The first-order valence-electron chi connectivity index (χ1n) is 15.6. The number of phenols is 1. The van der Waals surface area contributed by atoms with Crippen LogP contribution in [-0.2, 0) is 46.4 Å². The van der Waals surface area contributed by atoms with Gasteiger partial charge >= 0.3 is 0 Å². The lowest BCUT2D eigenvalue weighted by molar-refractivity contribution is -0.136. The summed E-state index contributed by atoms with van der Waals surface area (Å²) in [4.78, 5) is 91.9. The quantitative estimate of drug-likeness (QED) is 0.168. The molecular weight excluding hydrogens is 622 g/mol. The molecule has 5 atom stereocenters. The second kappa shape index (κ2) is 17.4. The molecule has 15 heteroatoms. The highest BCUT2D eigenvalue weighted by atomic mass is 16.3. The van der Waals surface area contributed by atoms with Gasteiger partial charge in [0.05, 0.1) is 13.0 Å². The van der Waals surface area contributed by atoms with Crippen molar-refractivity contribution in [2.24, 2.45) is 11.7 Å². The minimum absolute atomic E-state index is 0.00687. The zero-order valence-electron chi connectivity index (χ0n) is 27.1. The Morgan fingerprint density at radius 3 is 1.83 bits per heavy atom. The fraction of sp³-hybridized carbons (Fsp3) is 0.424. The van der Waals surface area contributed by atoms with E-state index in [0.717, 1.165) is 0 Å². The van der Waals surface area contributed by atoms with E-state index in [0.29, 0.717) is 11.1 Å². The molecule has 15 nitrogen and oxygen atoms in total. The third-order valence-corrected chi connectivity index (χ3v) is 7.50. The van der Waals surface area contributed by atoms with E-state index >= 15 is 0 Å². The summed E-state index contributed by atoms with van der Waals surface area (Å²) in [6.07, 6.45) is -0.523. The summed E-state index contributed by atoms with van der Waals surface area (Å²) < 4.78 is 0. The fourth-order valence-electron chi connectivity index (χ4n) is 5.01. The van der Waals surface area contributed by atoms with Crippen LogP contribution in [0.3, 0.4) is 0 Å². The second-order valence-electron chi connectivity index (χ2n) is 12.1. The molecule has 0 radical (unpaired) electrons. The molecule has 0 aromatic heterocycles. The minimum atomic E-state index is -1.55. The van der Waals surface area contributed by atoms with Crippen LogP contribution in [0.15, 0.2) is 54.6 Å². The number of carbonyl (C=O) groups is 7. The van der Waals surface area contributed by atoms with Crippen LogP contribution in [0.2, 0.25) is 0 Å². The van der Waals surface area contributed by atoms with Crippen molar-refractivity contribution in [2.75, 3.05) is 6.54 Å². The Bertz CT molecular complexity index is 1480. The van der Waals surface area contributed by atoms with E-state index in [1.165, 1.54) is 31.2 Å². The molecule has 2 aromatic carbocycles. The average Bonchev–Trinajstić information content (AvgIpc) is 3.02. The monoisotopic (exact) mass is 665 g/mol. The number of benzene rings is 2. The topological polar surface area (TPSA) is 238 Å². The molecule has 1 saturated heterocycles. The lowest BCUT2D eigenvalue weighted by Gasteiger charge is -2.27.